The Morgan fingerprint density at radius 3 is 2.39 bits per heavy atom. The summed E-state index contributed by atoms with van der Waals surface area (Å²) in [7, 11) is 0. The molecule has 0 atom stereocenters. The Morgan fingerprint density at radius 2 is 1.78 bits per heavy atom. The van der Waals surface area contributed by atoms with Crippen LogP contribution in [0.15, 0.2) is 60.8 Å². The molecule has 0 fully saturated rings. The van der Waals surface area contributed by atoms with Crippen LogP contribution in [0.1, 0.15) is 27.9 Å². The normalized spacial score (nSPS) is 11.1. The van der Waals surface area contributed by atoms with Gasteiger partial charge in [-0.15, -0.1) is 0 Å². The Hall–Kier alpha value is -2.56. The van der Waals surface area contributed by atoms with E-state index in [1.165, 1.54) is 12.1 Å². The van der Waals surface area contributed by atoms with Crippen LogP contribution < -0.4 is 5.32 Å². The van der Waals surface area contributed by atoms with Crippen molar-refractivity contribution in [3.8, 4) is 0 Å². The molecule has 0 aromatic heterocycles. The van der Waals surface area contributed by atoms with Crippen LogP contribution >= 0.6 is 0 Å². The van der Waals surface area contributed by atoms with Gasteiger partial charge in [-0.25, -0.2) is 0 Å². The van der Waals surface area contributed by atoms with Crippen molar-refractivity contribution in [3.63, 3.8) is 0 Å². The molecule has 0 spiro atoms. The smallest absolute Gasteiger partial charge is 0.359 e. The standard InChI is InChI=1S/C18H16F3NO/c1-12-6-8-14(9-7-12)17(23)10-13(2)22-16-5-3-4-15(11-16)18(19,20)21/h3-9,11,22H,2,10H2,1H3. The number of carbonyl (C=O) groups excluding carboxylic acids is 1. The molecule has 2 aromatic carbocycles. The lowest BCUT2D eigenvalue weighted by atomic mass is 10.1. The maximum atomic E-state index is 12.7. The van der Waals surface area contributed by atoms with E-state index >= 15 is 0 Å². The van der Waals surface area contributed by atoms with Gasteiger partial charge < -0.3 is 5.32 Å². The van der Waals surface area contributed by atoms with Crippen molar-refractivity contribution in [2.75, 3.05) is 5.32 Å². The first-order valence-electron chi connectivity index (χ1n) is 6.97. The Kier molecular flexibility index (Phi) is 4.89. The third kappa shape index (κ3) is 4.71. The molecule has 2 aromatic rings. The maximum Gasteiger partial charge on any atom is 0.416 e. The van der Waals surface area contributed by atoms with Gasteiger partial charge in [0, 0.05) is 16.9 Å². The van der Waals surface area contributed by atoms with Gasteiger partial charge in [0.25, 0.3) is 0 Å². The van der Waals surface area contributed by atoms with E-state index in [2.05, 4.69) is 11.9 Å². The molecular formula is C18H16F3NO. The molecule has 0 saturated heterocycles. The first-order chi connectivity index (χ1) is 10.8. The third-order valence-corrected chi connectivity index (χ3v) is 3.26. The molecule has 1 N–H and O–H groups in total. The second-order valence-electron chi connectivity index (χ2n) is 5.27. The zero-order valence-corrected chi connectivity index (χ0v) is 12.6. The first kappa shape index (κ1) is 16.8. The summed E-state index contributed by atoms with van der Waals surface area (Å²) in [4.78, 5) is 12.1. The molecule has 0 aliphatic heterocycles. The van der Waals surface area contributed by atoms with Gasteiger partial charge in [-0.3, -0.25) is 4.79 Å². The zero-order valence-electron chi connectivity index (χ0n) is 12.6. The SMILES string of the molecule is C=C(CC(=O)c1ccc(C)cc1)Nc1cccc(C(F)(F)F)c1. The van der Waals surface area contributed by atoms with E-state index in [9.17, 15) is 18.0 Å². The largest absolute Gasteiger partial charge is 0.416 e. The Balaban J connectivity index is 2.02. The predicted octanol–water partition coefficient (Wildman–Crippen LogP) is 5.21. The summed E-state index contributed by atoms with van der Waals surface area (Å²) >= 11 is 0. The molecule has 0 aliphatic carbocycles. The summed E-state index contributed by atoms with van der Waals surface area (Å²) < 4.78 is 38.0. The van der Waals surface area contributed by atoms with Crippen LogP contribution in [0.4, 0.5) is 18.9 Å². The van der Waals surface area contributed by atoms with Gasteiger partial charge in [-0.05, 0) is 25.1 Å². The van der Waals surface area contributed by atoms with Gasteiger partial charge in [0.2, 0.25) is 0 Å². The average molecular weight is 319 g/mol. The lowest BCUT2D eigenvalue weighted by Gasteiger charge is -2.12. The van der Waals surface area contributed by atoms with E-state index in [1.807, 2.05) is 19.1 Å². The number of anilines is 1. The number of halogens is 3. The molecule has 0 radical (unpaired) electrons. The minimum atomic E-state index is -4.41. The second-order valence-corrected chi connectivity index (χ2v) is 5.27. The van der Waals surface area contributed by atoms with E-state index < -0.39 is 11.7 Å². The fourth-order valence-corrected chi connectivity index (χ4v) is 2.06. The Bertz CT molecular complexity index is 718. The molecule has 0 saturated carbocycles. The number of aryl methyl sites for hydroxylation is 1. The third-order valence-electron chi connectivity index (χ3n) is 3.26. The predicted molar refractivity (Wildman–Crippen MR) is 84.3 cm³/mol. The Morgan fingerprint density at radius 1 is 1.13 bits per heavy atom. The van der Waals surface area contributed by atoms with Gasteiger partial charge in [-0.2, -0.15) is 13.2 Å². The molecule has 0 aliphatic rings. The minimum Gasteiger partial charge on any atom is -0.359 e. The van der Waals surface area contributed by atoms with E-state index in [0.29, 0.717) is 11.3 Å². The molecule has 2 nitrogen and oxygen atoms in total. The van der Waals surface area contributed by atoms with Crippen LogP contribution in [0.2, 0.25) is 0 Å². The zero-order chi connectivity index (χ0) is 17.0. The van der Waals surface area contributed by atoms with Gasteiger partial charge in [0.05, 0.1) is 12.0 Å². The number of Topliss-reactive ketones (excluding diaryl/α,β-unsaturated/α-hetero) is 1. The van der Waals surface area contributed by atoms with Crippen LogP contribution in [0.25, 0.3) is 0 Å². The number of allylic oxidation sites excluding steroid dienone is 1. The maximum absolute atomic E-state index is 12.7. The molecule has 0 amide bonds. The second kappa shape index (κ2) is 6.69. The number of ketones is 1. The summed E-state index contributed by atoms with van der Waals surface area (Å²) in [5.41, 5.74) is 1.43. The number of carbonyl (C=O) groups is 1. The first-order valence-corrected chi connectivity index (χ1v) is 6.97. The van der Waals surface area contributed by atoms with Gasteiger partial charge in [-0.1, -0.05) is 42.5 Å². The number of rotatable bonds is 5. The topological polar surface area (TPSA) is 29.1 Å². The number of benzene rings is 2. The molecule has 0 heterocycles. The lowest BCUT2D eigenvalue weighted by molar-refractivity contribution is -0.137. The van der Waals surface area contributed by atoms with Crippen LogP contribution in [0.3, 0.4) is 0 Å². The van der Waals surface area contributed by atoms with E-state index in [1.54, 1.807) is 12.1 Å². The Labute approximate surface area is 132 Å². The lowest BCUT2D eigenvalue weighted by Crippen LogP contribution is -2.08. The van der Waals surface area contributed by atoms with Crippen LogP contribution in [0.5, 0.6) is 0 Å². The molecule has 23 heavy (non-hydrogen) atoms. The number of nitrogens with one attached hydrogen (secondary N) is 1. The monoisotopic (exact) mass is 319 g/mol. The van der Waals surface area contributed by atoms with Crippen molar-refractivity contribution in [1.29, 1.82) is 0 Å². The van der Waals surface area contributed by atoms with Crippen molar-refractivity contribution in [3.05, 3.63) is 77.5 Å². The van der Waals surface area contributed by atoms with Crippen molar-refractivity contribution in [1.82, 2.24) is 0 Å². The quantitative estimate of drug-likeness (QED) is 0.766. The molecule has 120 valence electrons. The highest BCUT2D eigenvalue weighted by molar-refractivity contribution is 5.97. The summed E-state index contributed by atoms with van der Waals surface area (Å²) in [6.07, 6.45) is -4.39. The van der Waals surface area contributed by atoms with E-state index in [0.717, 1.165) is 17.7 Å². The van der Waals surface area contributed by atoms with Crippen molar-refractivity contribution in [2.24, 2.45) is 0 Å². The van der Waals surface area contributed by atoms with Crippen LogP contribution in [-0.4, -0.2) is 5.78 Å². The van der Waals surface area contributed by atoms with Crippen molar-refractivity contribution in [2.45, 2.75) is 19.5 Å². The highest BCUT2D eigenvalue weighted by Gasteiger charge is 2.30. The van der Waals surface area contributed by atoms with Gasteiger partial charge >= 0.3 is 6.18 Å². The van der Waals surface area contributed by atoms with Gasteiger partial charge in [0.1, 0.15) is 0 Å². The summed E-state index contributed by atoms with van der Waals surface area (Å²) in [5.74, 6) is -0.144. The molecule has 5 heteroatoms. The summed E-state index contributed by atoms with van der Waals surface area (Å²) in [5, 5.41) is 2.75. The fourth-order valence-electron chi connectivity index (χ4n) is 2.06. The number of hydrogen-bond donors (Lipinski definition) is 1. The number of alkyl halides is 3. The summed E-state index contributed by atoms with van der Waals surface area (Å²) in [6.45, 7) is 5.63. The fraction of sp³-hybridized carbons (Fsp3) is 0.167. The molecular weight excluding hydrogens is 303 g/mol. The van der Waals surface area contributed by atoms with E-state index in [4.69, 9.17) is 0 Å². The highest BCUT2D eigenvalue weighted by atomic mass is 19.4. The van der Waals surface area contributed by atoms with Gasteiger partial charge in [0.15, 0.2) is 5.78 Å². The molecule has 2 rings (SSSR count). The van der Waals surface area contributed by atoms with Crippen LogP contribution in [0, 0.1) is 6.92 Å². The highest BCUT2D eigenvalue weighted by Crippen LogP contribution is 2.31. The number of hydrogen-bond acceptors (Lipinski definition) is 2. The molecule has 0 unspecified atom stereocenters. The van der Waals surface area contributed by atoms with E-state index in [-0.39, 0.29) is 17.9 Å². The van der Waals surface area contributed by atoms with Crippen molar-refractivity contribution >= 4 is 11.5 Å². The molecule has 0 bridgehead atoms. The van der Waals surface area contributed by atoms with Crippen molar-refractivity contribution < 1.29 is 18.0 Å². The minimum absolute atomic E-state index is 0.0132. The average Bonchev–Trinajstić information content (AvgIpc) is 2.47. The van der Waals surface area contributed by atoms with Crippen LogP contribution in [-0.2, 0) is 6.18 Å². The summed E-state index contributed by atoms with van der Waals surface area (Å²) in [6, 6.07) is 11.9.